The Balaban J connectivity index is 1.36. The molecule has 2 fully saturated rings. The second-order valence-corrected chi connectivity index (χ2v) is 11.6. The van der Waals surface area contributed by atoms with Crippen molar-refractivity contribution in [3.63, 3.8) is 0 Å². The number of rotatable bonds is 5. The van der Waals surface area contributed by atoms with Gasteiger partial charge in [0.2, 0.25) is 0 Å². The molecule has 6 nitrogen and oxygen atoms in total. The molecule has 0 spiro atoms. The quantitative estimate of drug-likeness (QED) is 0.690. The van der Waals surface area contributed by atoms with Crippen LogP contribution in [0.4, 0.5) is 0 Å². The van der Waals surface area contributed by atoms with Gasteiger partial charge in [0.15, 0.2) is 9.84 Å². The predicted octanol–water partition coefficient (Wildman–Crippen LogP) is 2.80. The van der Waals surface area contributed by atoms with E-state index in [1.165, 1.54) is 11.8 Å². The van der Waals surface area contributed by atoms with Crippen LogP contribution in [0, 0.1) is 11.3 Å². The Morgan fingerprint density at radius 2 is 1.77 bits per heavy atom. The molecule has 1 unspecified atom stereocenters. The topological polar surface area (TPSA) is 81.5 Å². The van der Waals surface area contributed by atoms with E-state index in [0.29, 0.717) is 30.6 Å². The maximum atomic E-state index is 13.2. The zero-order valence-electron chi connectivity index (χ0n) is 17.2. The summed E-state index contributed by atoms with van der Waals surface area (Å²) < 4.78 is 23.6. The van der Waals surface area contributed by atoms with E-state index in [1.54, 1.807) is 0 Å². The highest BCUT2D eigenvalue weighted by molar-refractivity contribution is 8.02. The van der Waals surface area contributed by atoms with Crippen LogP contribution >= 0.6 is 11.8 Å². The number of sulfone groups is 1. The van der Waals surface area contributed by atoms with E-state index in [2.05, 4.69) is 11.0 Å². The fourth-order valence-corrected chi connectivity index (χ4v) is 7.62. The van der Waals surface area contributed by atoms with E-state index in [0.717, 1.165) is 30.1 Å². The predicted molar refractivity (Wildman–Crippen MR) is 122 cm³/mol. The highest BCUT2D eigenvalue weighted by atomic mass is 32.2. The highest BCUT2D eigenvalue weighted by Gasteiger charge is 2.30. The molecule has 2 aliphatic heterocycles. The maximum absolute atomic E-state index is 13.2. The molecule has 162 valence electrons. The zero-order valence-corrected chi connectivity index (χ0v) is 18.9. The average molecular weight is 456 g/mol. The van der Waals surface area contributed by atoms with Crippen LogP contribution in [0.1, 0.15) is 27.9 Å². The van der Waals surface area contributed by atoms with Crippen LogP contribution in [-0.4, -0.2) is 67.1 Å². The van der Waals surface area contributed by atoms with Crippen molar-refractivity contribution in [2.75, 3.05) is 37.7 Å². The second kappa shape index (κ2) is 9.43. The number of carbonyl (C=O) groups is 1. The summed E-state index contributed by atoms with van der Waals surface area (Å²) in [4.78, 5) is 18.3. The van der Waals surface area contributed by atoms with Crippen molar-refractivity contribution in [2.45, 2.75) is 23.1 Å². The Hall–Kier alpha value is -2.34. The summed E-state index contributed by atoms with van der Waals surface area (Å²) in [7, 11) is -2.94. The zero-order chi connectivity index (χ0) is 21.8. The first kappa shape index (κ1) is 21.9. The summed E-state index contributed by atoms with van der Waals surface area (Å²) in [5, 5.41) is 8.94. The number of amides is 1. The third-order valence-corrected chi connectivity index (χ3v) is 9.08. The number of nitriles is 1. The highest BCUT2D eigenvalue weighted by Crippen LogP contribution is 2.33. The molecule has 2 aromatic rings. The number of piperazine rings is 1. The lowest BCUT2D eigenvalue weighted by Crippen LogP contribution is -2.48. The summed E-state index contributed by atoms with van der Waals surface area (Å²) in [6.07, 6.45) is 0.642. The summed E-state index contributed by atoms with van der Waals surface area (Å²) in [6.45, 7) is 3.71. The molecule has 1 amide bonds. The van der Waals surface area contributed by atoms with Crippen molar-refractivity contribution >= 4 is 27.5 Å². The molecule has 1 atom stereocenters. The number of nitrogens with zero attached hydrogens (tertiary/aromatic N) is 3. The van der Waals surface area contributed by atoms with Gasteiger partial charge in [0.1, 0.15) is 0 Å². The minimum atomic E-state index is -2.94. The van der Waals surface area contributed by atoms with Gasteiger partial charge in [-0.3, -0.25) is 9.69 Å². The van der Waals surface area contributed by atoms with Gasteiger partial charge >= 0.3 is 0 Å². The number of thioether (sulfide) groups is 1. The van der Waals surface area contributed by atoms with Crippen LogP contribution in [0.5, 0.6) is 0 Å². The Bertz CT molecular complexity index is 1090. The minimum absolute atomic E-state index is 0.0157. The van der Waals surface area contributed by atoms with Gasteiger partial charge in [-0.15, -0.1) is 11.8 Å². The van der Waals surface area contributed by atoms with Crippen LogP contribution in [0.2, 0.25) is 0 Å². The van der Waals surface area contributed by atoms with Crippen LogP contribution in [0.3, 0.4) is 0 Å². The smallest absolute Gasteiger partial charge is 0.255 e. The molecular formula is C23H25N3O3S2. The van der Waals surface area contributed by atoms with Crippen molar-refractivity contribution in [1.29, 1.82) is 5.26 Å². The van der Waals surface area contributed by atoms with Crippen molar-refractivity contribution in [3.8, 4) is 6.07 Å². The van der Waals surface area contributed by atoms with Crippen molar-refractivity contribution < 1.29 is 13.2 Å². The van der Waals surface area contributed by atoms with Crippen LogP contribution in [0.15, 0.2) is 53.4 Å². The van der Waals surface area contributed by atoms with Gasteiger partial charge in [-0.05, 0) is 36.2 Å². The van der Waals surface area contributed by atoms with Gasteiger partial charge in [-0.25, -0.2) is 8.42 Å². The fourth-order valence-electron chi connectivity index (χ4n) is 4.00. The largest absolute Gasteiger partial charge is 0.336 e. The molecular weight excluding hydrogens is 430 g/mol. The van der Waals surface area contributed by atoms with E-state index in [-0.39, 0.29) is 22.7 Å². The van der Waals surface area contributed by atoms with Gasteiger partial charge in [0, 0.05) is 42.9 Å². The molecule has 0 aromatic heterocycles. The Kier molecular flexibility index (Phi) is 6.65. The second-order valence-electron chi connectivity index (χ2n) is 8.02. The maximum Gasteiger partial charge on any atom is 0.255 e. The molecule has 2 heterocycles. The molecule has 2 saturated heterocycles. The Morgan fingerprint density at radius 3 is 2.42 bits per heavy atom. The Morgan fingerprint density at radius 1 is 1.06 bits per heavy atom. The van der Waals surface area contributed by atoms with E-state index in [9.17, 15) is 13.2 Å². The summed E-state index contributed by atoms with van der Waals surface area (Å²) in [5.74, 6) is 0.442. The first-order valence-electron chi connectivity index (χ1n) is 10.4. The molecule has 31 heavy (non-hydrogen) atoms. The monoisotopic (exact) mass is 455 g/mol. The number of hydrogen-bond acceptors (Lipinski definition) is 6. The van der Waals surface area contributed by atoms with Crippen LogP contribution in [-0.2, 0) is 16.4 Å². The summed E-state index contributed by atoms with van der Waals surface area (Å²) in [6, 6.07) is 17.3. The van der Waals surface area contributed by atoms with Crippen molar-refractivity contribution in [2.24, 2.45) is 0 Å². The molecule has 0 radical (unpaired) electrons. The summed E-state index contributed by atoms with van der Waals surface area (Å²) >= 11 is 1.52. The molecule has 2 aliphatic rings. The van der Waals surface area contributed by atoms with Crippen molar-refractivity contribution in [3.05, 3.63) is 65.2 Å². The summed E-state index contributed by atoms with van der Waals surface area (Å²) in [5.41, 5.74) is 2.48. The van der Waals surface area contributed by atoms with E-state index < -0.39 is 9.84 Å². The number of carbonyl (C=O) groups excluding carboxylic acids is 1. The van der Waals surface area contributed by atoms with Crippen molar-refractivity contribution in [1.82, 2.24) is 9.80 Å². The fraction of sp³-hybridized carbons (Fsp3) is 0.391. The normalized spacial score (nSPS) is 21.0. The van der Waals surface area contributed by atoms with Gasteiger partial charge < -0.3 is 4.90 Å². The van der Waals surface area contributed by atoms with Crippen LogP contribution < -0.4 is 0 Å². The first-order valence-corrected chi connectivity index (χ1v) is 13.1. The molecule has 0 N–H and O–H groups in total. The van der Waals surface area contributed by atoms with E-state index in [1.807, 2.05) is 53.4 Å². The van der Waals surface area contributed by atoms with E-state index >= 15 is 0 Å². The third-order valence-electron chi connectivity index (χ3n) is 5.75. The third kappa shape index (κ3) is 5.48. The standard InChI is InChI=1S/C23H25N3O3S2/c24-15-18-5-7-19(8-6-18)16-25-10-12-26(13-11-25)23(27)21-3-1-2-4-22(21)30-20-9-14-31(28,29)17-20/h1-8,20H,9-14,16-17H2. The molecule has 0 bridgehead atoms. The van der Waals surface area contributed by atoms with Gasteiger partial charge in [-0.2, -0.15) is 5.26 Å². The molecule has 2 aromatic carbocycles. The lowest BCUT2D eigenvalue weighted by molar-refractivity contribution is 0.0625. The number of hydrogen-bond donors (Lipinski definition) is 0. The van der Waals surface area contributed by atoms with E-state index in [4.69, 9.17) is 5.26 Å². The van der Waals surface area contributed by atoms with Gasteiger partial charge in [-0.1, -0.05) is 24.3 Å². The lowest BCUT2D eigenvalue weighted by Gasteiger charge is -2.35. The molecule has 8 heteroatoms. The van der Waals surface area contributed by atoms with Gasteiger partial charge in [0.05, 0.1) is 28.7 Å². The molecule has 4 rings (SSSR count). The minimum Gasteiger partial charge on any atom is -0.336 e. The molecule has 0 saturated carbocycles. The molecule has 0 aliphatic carbocycles. The van der Waals surface area contributed by atoms with Crippen LogP contribution in [0.25, 0.3) is 0 Å². The Labute approximate surface area is 187 Å². The first-order chi connectivity index (χ1) is 14.9. The average Bonchev–Trinajstić information content (AvgIpc) is 3.13. The number of benzene rings is 2. The lowest BCUT2D eigenvalue weighted by atomic mass is 10.1. The SMILES string of the molecule is N#Cc1ccc(CN2CCN(C(=O)c3ccccc3SC3CCS(=O)(=O)C3)CC2)cc1. The van der Waals surface area contributed by atoms with Gasteiger partial charge in [0.25, 0.3) is 5.91 Å².